The monoisotopic (exact) mass is 436 g/mol. The van der Waals surface area contributed by atoms with E-state index in [-0.39, 0.29) is 23.9 Å². The van der Waals surface area contributed by atoms with Gasteiger partial charge in [0.25, 0.3) is 0 Å². The summed E-state index contributed by atoms with van der Waals surface area (Å²) in [5, 5.41) is 1.86. The predicted molar refractivity (Wildman–Crippen MR) is 126 cm³/mol. The van der Waals surface area contributed by atoms with E-state index in [1.54, 1.807) is 49.6 Å². The summed E-state index contributed by atoms with van der Waals surface area (Å²) in [5.74, 6) is 1.74. The molecular formula is C28H20O5. The fraction of sp³-hybridized carbons (Fsp3) is 0.0714. The molecule has 1 aliphatic rings. The molecule has 1 heterocycles. The molecule has 5 nitrogen and oxygen atoms in total. The number of allylic oxidation sites excluding steroid dienone is 1. The molecule has 0 atom stereocenters. The second-order valence-electron chi connectivity index (χ2n) is 7.61. The van der Waals surface area contributed by atoms with E-state index in [0.717, 1.165) is 16.3 Å². The fourth-order valence-electron chi connectivity index (χ4n) is 3.81. The van der Waals surface area contributed by atoms with Crippen LogP contribution in [0.15, 0.2) is 90.7 Å². The highest BCUT2D eigenvalue weighted by atomic mass is 16.5. The molecule has 5 heteroatoms. The van der Waals surface area contributed by atoms with Gasteiger partial charge in [0.05, 0.1) is 12.7 Å². The van der Waals surface area contributed by atoms with Gasteiger partial charge in [-0.3, -0.25) is 9.59 Å². The van der Waals surface area contributed by atoms with E-state index < -0.39 is 0 Å². The summed E-state index contributed by atoms with van der Waals surface area (Å²) in [6, 6.07) is 25.6. The number of Topliss-reactive ketones (excluding diaryl/α,β-unsaturated/α-hetero) is 2. The van der Waals surface area contributed by atoms with E-state index in [1.807, 2.05) is 48.5 Å². The zero-order valence-corrected chi connectivity index (χ0v) is 17.9. The number of ether oxygens (including phenoxy) is 3. The highest BCUT2D eigenvalue weighted by Crippen LogP contribution is 2.37. The van der Waals surface area contributed by atoms with Gasteiger partial charge in [-0.15, -0.1) is 0 Å². The number of fused-ring (bicyclic) bond motifs is 3. The van der Waals surface area contributed by atoms with Crippen LogP contribution in [0, 0.1) is 0 Å². The maximum atomic E-state index is 13.0. The van der Waals surface area contributed by atoms with Crippen molar-refractivity contribution in [1.29, 1.82) is 0 Å². The number of benzene rings is 4. The number of hydrogen-bond donors (Lipinski definition) is 0. The van der Waals surface area contributed by atoms with E-state index in [4.69, 9.17) is 14.2 Å². The average Bonchev–Trinajstić information content (AvgIpc) is 3.18. The molecule has 0 unspecified atom stereocenters. The Balaban J connectivity index is 1.32. The first-order valence-corrected chi connectivity index (χ1v) is 10.5. The van der Waals surface area contributed by atoms with Crippen molar-refractivity contribution in [1.82, 2.24) is 0 Å². The van der Waals surface area contributed by atoms with Gasteiger partial charge in [-0.1, -0.05) is 42.5 Å². The second kappa shape index (κ2) is 8.63. The summed E-state index contributed by atoms with van der Waals surface area (Å²) in [6.07, 6.45) is 1.69. The van der Waals surface area contributed by atoms with Crippen molar-refractivity contribution in [2.75, 3.05) is 13.7 Å². The van der Waals surface area contributed by atoms with Crippen molar-refractivity contribution in [2.45, 2.75) is 0 Å². The topological polar surface area (TPSA) is 61.8 Å². The van der Waals surface area contributed by atoms with Crippen molar-refractivity contribution in [2.24, 2.45) is 0 Å². The van der Waals surface area contributed by atoms with Crippen LogP contribution < -0.4 is 14.2 Å². The van der Waals surface area contributed by atoms with Crippen molar-refractivity contribution >= 4 is 28.4 Å². The van der Waals surface area contributed by atoms with E-state index in [2.05, 4.69) is 0 Å². The first-order valence-electron chi connectivity index (χ1n) is 10.5. The molecule has 0 aromatic heterocycles. The number of rotatable bonds is 6. The minimum absolute atomic E-state index is 0.0980. The Morgan fingerprint density at radius 1 is 0.909 bits per heavy atom. The van der Waals surface area contributed by atoms with Crippen LogP contribution in [-0.4, -0.2) is 25.3 Å². The quantitative estimate of drug-likeness (QED) is 0.285. The van der Waals surface area contributed by atoms with Crippen LogP contribution in [0.1, 0.15) is 26.3 Å². The van der Waals surface area contributed by atoms with Gasteiger partial charge in [0.1, 0.15) is 17.2 Å². The lowest BCUT2D eigenvalue weighted by Gasteiger charge is -2.07. The summed E-state index contributed by atoms with van der Waals surface area (Å²) in [7, 11) is 1.58. The number of hydrogen-bond acceptors (Lipinski definition) is 5. The molecule has 0 aliphatic carbocycles. The molecule has 0 N–H and O–H groups in total. The van der Waals surface area contributed by atoms with E-state index in [9.17, 15) is 9.59 Å². The largest absolute Gasteiger partial charge is 0.497 e. The van der Waals surface area contributed by atoms with Gasteiger partial charge in [-0.2, -0.15) is 0 Å². The standard InChI is InChI=1S/C28H20O5/c1-31-21-12-9-20(10-13-21)24(29)17-32-22-7-4-5-18(15-22)16-26-28(30)27-23-8-3-2-6-19(23)11-14-25(27)33-26/h2-16H,17H2,1H3/b26-16-. The molecule has 4 aromatic rings. The highest BCUT2D eigenvalue weighted by Gasteiger charge is 2.29. The lowest BCUT2D eigenvalue weighted by atomic mass is 10.0. The Morgan fingerprint density at radius 2 is 1.73 bits per heavy atom. The van der Waals surface area contributed by atoms with Crippen LogP contribution >= 0.6 is 0 Å². The second-order valence-corrected chi connectivity index (χ2v) is 7.61. The molecule has 162 valence electrons. The van der Waals surface area contributed by atoms with E-state index in [1.165, 1.54) is 0 Å². The lowest BCUT2D eigenvalue weighted by molar-refractivity contribution is 0.0921. The van der Waals surface area contributed by atoms with Crippen LogP contribution in [0.3, 0.4) is 0 Å². The van der Waals surface area contributed by atoms with Gasteiger partial charge < -0.3 is 14.2 Å². The smallest absolute Gasteiger partial charge is 0.232 e. The zero-order valence-electron chi connectivity index (χ0n) is 17.9. The molecule has 0 saturated heterocycles. The first-order chi connectivity index (χ1) is 16.1. The molecule has 0 radical (unpaired) electrons. The van der Waals surface area contributed by atoms with Crippen molar-refractivity contribution in [3.8, 4) is 17.2 Å². The van der Waals surface area contributed by atoms with Gasteiger partial charge in [-0.25, -0.2) is 0 Å². The average molecular weight is 436 g/mol. The number of ketones is 2. The molecule has 4 aromatic carbocycles. The Morgan fingerprint density at radius 3 is 2.55 bits per heavy atom. The maximum Gasteiger partial charge on any atom is 0.232 e. The third kappa shape index (κ3) is 4.08. The minimum atomic E-state index is -0.150. The SMILES string of the molecule is COc1ccc(C(=O)COc2cccc(/C=C3\Oc4ccc5ccccc5c4C3=O)c2)cc1. The Kier molecular flexibility index (Phi) is 5.37. The molecule has 5 rings (SSSR count). The molecule has 0 bridgehead atoms. The number of carbonyl (C=O) groups excluding carboxylic acids is 2. The molecule has 0 amide bonds. The molecule has 1 aliphatic heterocycles. The first kappa shape index (κ1) is 20.5. The molecule has 0 saturated carbocycles. The van der Waals surface area contributed by atoms with Crippen LogP contribution in [0.4, 0.5) is 0 Å². The van der Waals surface area contributed by atoms with E-state index in [0.29, 0.717) is 28.4 Å². The Hall–Kier alpha value is -4.38. The van der Waals surface area contributed by atoms with Gasteiger partial charge >= 0.3 is 0 Å². The van der Waals surface area contributed by atoms with Gasteiger partial charge in [0.2, 0.25) is 5.78 Å². The zero-order chi connectivity index (χ0) is 22.8. The Labute approximate surface area is 190 Å². The summed E-state index contributed by atoms with van der Waals surface area (Å²) in [4.78, 5) is 25.5. The van der Waals surface area contributed by atoms with Crippen LogP contribution in [-0.2, 0) is 0 Å². The van der Waals surface area contributed by atoms with Gasteiger partial charge in [0, 0.05) is 5.56 Å². The number of methoxy groups -OCH3 is 1. The third-order valence-corrected chi connectivity index (χ3v) is 5.50. The highest BCUT2D eigenvalue weighted by molar-refractivity contribution is 6.21. The summed E-state index contributed by atoms with van der Waals surface area (Å²) in [6.45, 7) is -0.0980. The summed E-state index contributed by atoms with van der Waals surface area (Å²) >= 11 is 0. The molecular weight excluding hydrogens is 416 g/mol. The Bertz CT molecular complexity index is 1400. The van der Waals surface area contributed by atoms with Crippen molar-refractivity contribution in [3.63, 3.8) is 0 Å². The third-order valence-electron chi connectivity index (χ3n) is 5.50. The van der Waals surface area contributed by atoms with Crippen LogP contribution in [0.25, 0.3) is 16.8 Å². The van der Waals surface area contributed by atoms with E-state index >= 15 is 0 Å². The molecule has 33 heavy (non-hydrogen) atoms. The van der Waals surface area contributed by atoms with Crippen LogP contribution in [0.2, 0.25) is 0 Å². The lowest BCUT2D eigenvalue weighted by Crippen LogP contribution is -2.11. The molecule has 0 spiro atoms. The minimum Gasteiger partial charge on any atom is -0.497 e. The summed E-state index contributed by atoms with van der Waals surface area (Å²) in [5.41, 5.74) is 1.87. The predicted octanol–water partition coefficient (Wildman–Crippen LogP) is 5.73. The maximum absolute atomic E-state index is 13.0. The normalized spacial score (nSPS) is 13.6. The van der Waals surface area contributed by atoms with Gasteiger partial charge in [0.15, 0.2) is 18.1 Å². The molecule has 0 fully saturated rings. The van der Waals surface area contributed by atoms with Crippen molar-refractivity contribution < 1.29 is 23.8 Å². The number of carbonyl (C=O) groups is 2. The fourth-order valence-corrected chi connectivity index (χ4v) is 3.81. The van der Waals surface area contributed by atoms with Gasteiger partial charge in [-0.05, 0) is 64.9 Å². The van der Waals surface area contributed by atoms with Crippen molar-refractivity contribution in [3.05, 3.63) is 107 Å². The van der Waals surface area contributed by atoms with Crippen LogP contribution in [0.5, 0.6) is 17.2 Å². The summed E-state index contributed by atoms with van der Waals surface area (Å²) < 4.78 is 16.7.